The average Bonchev–Trinajstić information content (AvgIpc) is 3.30. The molecule has 162 valence electrons. The van der Waals surface area contributed by atoms with Gasteiger partial charge in [-0.3, -0.25) is 0 Å². The molecule has 0 amide bonds. The second-order valence-electron chi connectivity index (χ2n) is 9.02. The number of hydrogen-bond acceptors (Lipinski definition) is 3. The summed E-state index contributed by atoms with van der Waals surface area (Å²) in [5.41, 5.74) is 8.19. The lowest BCUT2D eigenvalue weighted by Gasteiger charge is -2.50. The van der Waals surface area contributed by atoms with Crippen molar-refractivity contribution >= 4 is 17.3 Å². The molecule has 0 radical (unpaired) electrons. The molecule has 2 N–H and O–H groups in total. The zero-order valence-electron chi connectivity index (χ0n) is 17.9. The summed E-state index contributed by atoms with van der Waals surface area (Å²) in [5.74, 6) is 0.953. The summed E-state index contributed by atoms with van der Waals surface area (Å²) in [4.78, 5) is 1.61. The van der Waals surface area contributed by atoms with Gasteiger partial charge in [-0.2, -0.15) is 5.01 Å². The van der Waals surface area contributed by atoms with Crippen LogP contribution in [0.4, 0.5) is 0 Å². The summed E-state index contributed by atoms with van der Waals surface area (Å²) < 4.78 is 6.77. The van der Waals surface area contributed by atoms with E-state index in [1.165, 1.54) is 11.1 Å². The molecule has 3 heterocycles. The van der Waals surface area contributed by atoms with E-state index in [0.717, 1.165) is 54.5 Å². The molecular formula is C27H27ClN3O+. The first kappa shape index (κ1) is 19.9. The number of ether oxygens (including phenoxy) is 1. The van der Waals surface area contributed by atoms with Gasteiger partial charge >= 0.3 is 0 Å². The molecule has 0 bridgehead atoms. The first-order valence-corrected chi connectivity index (χ1v) is 11.8. The number of nitrogens with zero attached hydrogens (tertiary/aromatic N) is 1. The number of nitrogens with one attached hydrogen (secondary N) is 2. The van der Waals surface area contributed by atoms with Crippen molar-refractivity contribution in [3.8, 4) is 5.75 Å². The Morgan fingerprint density at radius 2 is 1.69 bits per heavy atom. The van der Waals surface area contributed by atoms with E-state index in [4.69, 9.17) is 16.3 Å². The van der Waals surface area contributed by atoms with Gasteiger partial charge in [-0.1, -0.05) is 72.3 Å². The monoisotopic (exact) mass is 444 g/mol. The maximum atomic E-state index is 6.77. The van der Waals surface area contributed by atoms with Crippen LogP contribution in [-0.4, -0.2) is 23.8 Å². The van der Waals surface area contributed by atoms with Crippen molar-refractivity contribution in [2.75, 3.05) is 13.1 Å². The number of halogens is 1. The standard InChI is InChI=1S/C27H26ClN3O/c28-22-11-12-26-23(17-22)25-18-24(21-9-5-2-6-10-21)29-31(25)27(32-26)13-15-30(16-14-27)19-20-7-3-1-4-8-20/h1-12,17-18,25,29H,13-16,19H2/p+1. The fraction of sp³-hybridized carbons (Fsp3) is 0.259. The summed E-state index contributed by atoms with van der Waals surface area (Å²) in [6, 6.07) is 27.4. The van der Waals surface area contributed by atoms with Gasteiger partial charge in [0, 0.05) is 16.1 Å². The Hall–Kier alpha value is -2.79. The Bertz CT molecular complexity index is 1140. The minimum atomic E-state index is -0.362. The first-order chi connectivity index (χ1) is 15.7. The van der Waals surface area contributed by atoms with Gasteiger partial charge in [0.15, 0.2) is 5.72 Å². The smallest absolute Gasteiger partial charge is 0.191 e. The third-order valence-electron chi connectivity index (χ3n) is 6.99. The second-order valence-corrected chi connectivity index (χ2v) is 9.45. The van der Waals surface area contributed by atoms with E-state index < -0.39 is 0 Å². The van der Waals surface area contributed by atoms with Crippen LogP contribution in [-0.2, 0) is 6.54 Å². The predicted molar refractivity (Wildman–Crippen MR) is 127 cm³/mol. The molecule has 3 aliphatic rings. The summed E-state index contributed by atoms with van der Waals surface area (Å²) in [6.45, 7) is 3.21. The van der Waals surface area contributed by atoms with Crippen molar-refractivity contribution in [1.82, 2.24) is 10.4 Å². The molecule has 32 heavy (non-hydrogen) atoms. The van der Waals surface area contributed by atoms with Crippen LogP contribution in [0.2, 0.25) is 5.02 Å². The van der Waals surface area contributed by atoms with Crippen molar-refractivity contribution in [2.24, 2.45) is 0 Å². The highest BCUT2D eigenvalue weighted by Crippen LogP contribution is 2.48. The molecule has 3 aromatic carbocycles. The normalized spacial score (nSPS) is 26.6. The van der Waals surface area contributed by atoms with E-state index in [-0.39, 0.29) is 11.8 Å². The number of hydrogen-bond donors (Lipinski definition) is 2. The van der Waals surface area contributed by atoms with E-state index in [0.29, 0.717) is 0 Å². The van der Waals surface area contributed by atoms with E-state index in [1.807, 2.05) is 18.2 Å². The number of hydrazine groups is 1. The van der Waals surface area contributed by atoms with Crippen LogP contribution < -0.4 is 15.1 Å². The largest absolute Gasteiger partial charge is 0.470 e. The lowest BCUT2D eigenvalue weighted by molar-refractivity contribution is -0.921. The number of benzene rings is 3. The molecule has 0 aliphatic carbocycles. The van der Waals surface area contributed by atoms with E-state index in [1.54, 1.807) is 4.90 Å². The molecule has 1 atom stereocenters. The van der Waals surface area contributed by atoms with Crippen molar-refractivity contribution < 1.29 is 9.64 Å². The molecule has 3 aromatic rings. The summed E-state index contributed by atoms with van der Waals surface area (Å²) in [5, 5.41) is 3.08. The highest BCUT2D eigenvalue weighted by Gasteiger charge is 2.52. The Morgan fingerprint density at radius 3 is 2.44 bits per heavy atom. The van der Waals surface area contributed by atoms with Gasteiger partial charge in [0.05, 0.1) is 37.7 Å². The minimum Gasteiger partial charge on any atom is -0.470 e. The number of fused-ring (bicyclic) bond motifs is 4. The molecule has 0 saturated carbocycles. The summed E-state index contributed by atoms with van der Waals surface area (Å²) in [7, 11) is 0. The van der Waals surface area contributed by atoms with E-state index in [9.17, 15) is 0 Å². The molecule has 3 aliphatic heterocycles. The molecule has 1 spiro atoms. The van der Waals surface area contributed by atoms with Crippen LogP contribution in [0.15, 0.2) is 84.9 Å². The number of rotatable bonds is 3. The third kappa shape index (κ3) is 3.49. The number of quaternary nitrogens is 1. The van der Waals surface area contributed by atoms with Crippen LogP contribution in [0.5, 0.6) is 5.75 Å². The molecule has 1 fully saturated rings. The Morgan fingerprint density at radius 1 is 0.969 bits per heavy atom. The maximum absolute atomic E-state index is 6.77. The summed E-state index contributed by atoms with van der Waals surface area (Å²) in [6.07, 6.45) is 4.26. The van der Waals surface area contributed by atoms with Crippen LogP contribution in [0.1, 0.15) is 35.6 Å². The molecule has 5 heteroatoms. The van der Waals surface area contributed by atoms with Crippen LogP contribution in [0, 0.1) is 0 Å². The zero-order valence-corrected chi connectivity index (χ0v) is 18.7. The van der Waals surface area contributed by atoms with Gasteiger partial charge < -0.3 is 15.1 Å². The van der Waals surface area contributed by atoms with Crippen molar-refractivity contribution in [3.63, 3.8) is 0 Å². The topological polar surface area (TPSA) is 28.9 Å². The van der Waals surface area contributed by atoms with Gasteiger partial charge in [-0.05, 0) is 29.8 Å². The molecule has 1 saturated heterocycles. The lowest BCUT2D eigenvalue weighted by atomic mass is 9.92. The number of piperidine rings is 1. The fourth-order valence-corrected chi connectivity index (χ4v) is 5.51. The molecule has 1 unspecified atom stereocenters. The highest BCUT2D eigenvalue weighted by atomic mass is 35.5. The van der Waals surface area contributed by atoms with E-state index >= 15 is 0 Å². The van der Waals surface area contributed by atoms with Gasteiger partial charge in [0.2, 0.25) is 0 Å². The van der Waals surface area contributed by atoms with Crippen LogP contribution >= 0.6 is 11.6 Å². The highest BCUT2D eigenvalue weighted by molar-refractivity contribution is 6.30. The van der Waals surface area contributed by atoms with Crippen LogP contribution in [0.25, 0.3) is 5.70 Å². The van der Waals surface area contributed by atoms with Crippen molar-refractivity contribution in [1.29, 1.82) is 0 Å². The van der Waals surface area contributed by atoms with Crippen molar-refractivity contribution in [2.45, 2.75) is 31.2 Å². The second kappa shape index (κ2) is 7.96. The summed E-state index contributed by atoms with van der Waals surface area (Å²) >= 11 is 6.38. The number of likely N-dealkylation sites (tertiary alicyclic amines) is 1. The Balaban J connectivity index is 1.30. The molecule has 6 rings (SSSR count). The Kier molecular flexibility index (Phi) is 4.94. The third-order valence-corrected chi connectivity index (χ3v) is 7.23. The van der Waals surface area contributed by atoms with E-state index in [2.05, 4.69) is 77.2 Å². The molecule has 4 nitrogen and oxygen atoms in total. The quantitative estimate of drug-likeness (QED) is 0.634. The molecule has 0 aromatic heterocycles. The lowest BCUT2D eigenvalue weighted by Crippen LogP contribution is -3.12. The molecular weight excluding hydrogens is 418 g/mol. The van der Waals surface area contributed by atoms with Crippen molar-refractivity contribution in [3.05, 3.63) is 107 Å². The SMILES string of the molecule is Clc1ccc2c(c1)C1C=C(c3ccccc3)NN1C1(CC[NH+](Cc3ccccc3)CC1)O2. The minimum absolute atomic E-state index is 0.100. The van der Waals surface area contributed by atoms with Gasteiger partial charge in [-0.15, -0.1) is 0 Å². The maximum Gasteiger partial charge on any atom is 0.191 e. The fourth-order valence-electron chi connectivity index (χ4n) is 5.33. The average molecular weight is 445 g/mol. The van der Waals surface area contributed by atoms with Gasteiger partial charge in [0.1, 0.15) is 12.3 Å². The Labute approximate surface area is 194 Å². The first-order valence-electron chi connectivity index (χ1n) is 11.4. The predicted octanol–water partition coefficient (Wildman–Crippen LogP) is 4.21. The van der Waals surface area contributed by atoms with Gasteiger partial charge in [-0.25, -0.2) is 0 Å². The van der Waals surface area contributed by atoms with Gasteiger partial charge in [0.25, 0.3) is 0 Å². The zero-order chi connectivity index (χ0) is 21.5. The van der Waals surface area contributed by atoms with Crippen LogP contribution in [0.3, 0.4) is 0 Å².